The van der Waals surface area contributed by atoms with Crippen molar-refractivity contribution in [1.29, 1.82) is 0 Å². The third-order valence-electron chi connectivity index (χ3n) is 6.30. The quantitative estimate of drug-likeness (QED) is 0.246. The number of carbonyl (C=O) groups excluding carboxylic acids is 1. The predicted octanol–water partition coefficient (Wildman–Crippen LogP) is 3.73. The number of nitrogens with one attached hydrogen (secondary N) is 1. The molecule has 0 saturated carbocycles. The molecule has 9 heteroatoms. The number of methoxy groups -OCH3 is 2. The maximum atomic E-state index is 13.1. The molecule has 0 aliphatic carbocycles. The molecule has 0 aromatic heterocycles. The van der Waals surface area contributed by atoms with Crippen LogP contribution in [0.5, 0.6) is 11.5 Å². The smallest absolute Gasteiger partial charge is 0.296 e. The lowest BCUT2D eigenvalue weighted by Crippen LogP contribution is -2.40. The summed E-state index contributed by atoms with van der Waals surface area (Å²) in [6.45, 7) is 8.06. The number of likely N-dealkylation sites (tertiary alicyclic amines) is 1. The molecule has 0 bridgehead atoms. The van der Waals surface area contributed by atoms with Crippen LogP contribution >= 0.6 is 0 Å². The van der Waals surface area contributed by atoms with Crippen molar-refractivity contribution in [1.82, 2.24) is 10.2 Å². The highest BCUT2D eigenvalue weighted by Crippen LogP contribution is 2.33. The van der Waals surface area contributed by atoms with Gasteiger partial charge in [-0.1, -0.05) is 23.8 Å². The van der Waals surface area contributed by atoms with Gasteiger partial charge in [0.2, 0.25) is 0 Å². The van der Waals surface area contributed by atoms with Gasteiger partial charge in [0.15, 0.2) is 11.5 Å². The van der Waals surface area contributed by atoms with Crippen LogP contribution in [0, 0.1) is 6.92 Å². The van der Waals surface area contributed by atoms with Crippen LogP contribution in [-0.2, 0) is 20.7 Å². The molecule has 1 atom stereocenters. The largest absolute Gasteiger partial charge is 0.493 e. The second kappa shape index (κ2) is 12.9. The van der Waals surface area contributed by atoms with Gasteiger partial charge in [0, 0.05) is 19.1 Å². The highest BCUT2D eigenvalue weighted by molar-refractivity contribution is 7.86. The van der Waals surface area contributed by atoms with E-state index in [-0.39, 0.29) is 23.5 Å². The van der Waals surface area contributed by atoms with Gasteiger partial charge in [-0.3, -0.25) is 13.9 Å². The van der Waals surface area contributed by atoms with E-state index in [1.54, 1.807) is 24.3 Å². The molecule has 1 N–H and O–H groups in total. The van der Waals surface area contributed by atoms with E-state index in [1.807, 2.05) is 13.0 Å². The first-order valence-electron chi connectivity index (χ1n) is 12.1. The number of nitrogens with zero attached hydrogens (tertiary/aromatic N) is 1. The summed E-state index contributed by atoms with van der Waals surface area (Å²) in [5, 5.41) is 3.04. The van der Waals surface area contributed by atoms with Crippen molar-refractivity contribution in [3.05, 3.63) is 65.7 Å². The van der Waals surface area contributed by atoms with Gasteiger partial charge in [-0.15, -0.1) is 6.58 Å². The Labute approximate surface area is 214 Å². The first kappa shape index (κ1) is 27.7. The summed E-state index contributed by atoms with van der Waals surface area (Å²) in [5.74, 6) is 0.574. The molecule has 1 amide bonds. The number of carbonyl (C=O) groups is 1. The molecule has 1 saturated heterocycles. The minimum atomic E-state index is -3.82. The number of benzene rings is 2. The first-order valence-corrected chi connectivity index (χ1v) is 13.5. The van der Waals surface area contributed by atoms with Crippen LogP contribution in [0.3, 0.4) is 0 Å². The van der Waals surface area contributed by atoms with Crippen molar-refractivity contribution >= 4 is 16.0 Å². The van der Waals surface area contributed by atoms with E-state index < -0.39 is 10.1 Å². The predicted molar refractivity (Wildman–Crippen MR) is 139 cm³/mol. The van der Waals surface area contributed by atoms with Gasteiger partial charge >= 0.3 is 0 Å². The minimum Gasteiger partial charge on any atom is -0.493 e. The molecule has 0 unspecified atom stereocenters. The van der Waals surface area contributed by atoms with E-state index in [0.29, 0.717) is 36.4 Å². The van der Waals surface area contributed by atoms with Gasteiger partial charge in [0.25, 0.3) is 16.0 Å². The fourth-order valence-corrected chi connectivity index (χ4v) is 5.33. The number of hydrogen-bond acceptors (Lipinski definition) is 7. The average Bonchev–Trinajstić information content (AvgIpc) is 3.32. The lowest BCUT2D eigenvalue weighted by molar-refractivity contribution is 0.0938. The van der Waals surface area contributed by atoms with Gasteiger partial charge < -0.3 is 14.8 Å². The van der Waals surface area contributed by atoms with Gasteiger partial charge in [-0.05, 0) is 69.0 Å². The molecule has 1 heterocycles. The summed E-state index contributed by atoms with van der Waals surface area (Å²) < 4.78 is 41.0. The lowest BCUT2D eigenvalue weighted by atomic mass is 10.0. The van der Waals surface area contributed by atoms with Gasteiger partial charge in [0.1, 0.15) is 0 Å². The monoisotopic (exact) mass is 516 g/mol. The van der Waals surface area contributed by atoms with Crippen LogP contribution in [0.15, 0.2) is 53.9 Å². The second-order valence-corrected chi connectivity index (χ2v) is 10.5. The zero-order valence-electron chi connectivity index (χ0n) is 21.3. The van der Waals surface area contributed by atoms with Crippen molar-refractivity contribution in [2.45, 2.75) is 43.5 Å². The molecule has 2 aromatic rings. The fraction of sp³-hybridized carbons (Fsp3) is 0.444. The molecule has 36 heavy (non-hydrogen) atoms. The molecule has 0 radical (unpaired) electrons. The summed E-state index contributed by atoms with van der Waals surface area (Å²) in [6, 6.07) is 10.4. The molecule has 3 rings (SSSR count). The summed E-state index contributed by atoms with van der Waals surface area (Å²) in [7, 11) is -0.799. The SMILES string of the molecule is C=CCN1CCC[C@@H]1CNC(=O)c1cc(CCCOS(=O)(=O)c2ccc(C)cc2)cc(OC)c1OC. The third kappa shape index (κ3) is 7.09. The van der Waals surface area contributed by atoms with Gasteiger partial charge in [-0.25, -0.2) is 0 Å². The summed E-state index contributed by atoms with van der Waals surface area (Å²) >= 11 is 0. The molecule has 0 spiro atoms. The van der Waals surface area contributed by atoms with Crippen molar-refractivity contribution in [2.24, 2.45) is 0 Å². The van der Waals surface area contributed by atoms with E-state index in [9.17, 15) is 13.2 Å². The molecule has 1 fully saturated rings. The zero-order valence-corrected chi connectivity index (χ0v) is 22.1. The van der Waals surface area contributed by atoms with E-state index in [2.05, 4.69) is 16.8 Å². The van der Waals surface area contributed by atoms with Crippen LogP contribution < -0.4 is 14.8 Å². The van der Waals surface area contributed by atoms with Crippen LogP contribution in [0.1, 0.15) is 40.7 Å². The van der Waals surface area contributed by atoms with Crippen LogP contribution in [0.25, 0.3) is 0 Å². The number of ether oxygens (including phenoxy) is 2. The number of aryl methyl sites for hydroxylation is 2. The van der Waals surface area contributed by atoms with Crippen molar-refractivity contribution in [3.8, 4) is 11.5 Å². The normalized spacial score (nSPS) is 16.0. The molecular formula is C27H36N2O6S. The van der Waals surface area contributed by atoms with E-state index in [4.69, 9.17) is 13.7 Å². The fourth-order valence-electron chi connectivity index (χ4n) is 4.39. The number of hydrogen-bond donors (Lipinski definition) is 1. The Hall–Kier alpha value is -2.88. The molecule has 8 nitrogen and oxygen atoms in total. The molecule has 196 valence electrons. The maximum Gasteiger partial charge on any atom is 0.296 e. The lowest BCUT2D eigenvalue weighted by Gasteiger charge is -2.23. The Bertz CT molecular complexity index is 1150. The second-order valence-electron chi connectivity index (χ2n) is 8.86. The number of amides is 1. The molecular weight excluding hydrogens is 480 g/mol. The zero-order chi connectivity index (χ0) is 26.1. The Kier molecular flexibility index (Phi) is 9.92. The highest BCUT2D eigenvalue weighted by Gasteiger charge is 2.25. The maximum absolute atomic E-state index is 13.1. The Balaban J connectivity index is 1.64. The van der Waals surface area contributed by atoms with Crippen molar-refractivity contribution < 1.29 is 26.9 Å². The van der Waals surface area contributed by atoms with Crippen LogP contribution in [0.4, 0.5) is 0 Å². The third-order valence-corrected chi connectivity index (χ3v) is 7.63. The average molecular weight is 517 g/mol. The Morgan fingerprint density at radius 2 is 1.94 bits per heavy atom. The van der Waals surface area contributed by atoms with Crippen LogP contribution in [0.2, 0.25) is 0 Å². The van der Waals surface area contributed by atoms with E-state index >= 15 is 0 Å². The van der Waals surface area contributed by atoms with Crippen molar-refractivity contribution in [3.63, 3.8) is 0 Å². The molecule has 2 aromatic carbocycles. The molecule has 1 aliphatic rings. The summed E-state index contributed by atoms with van der Waals surface area (Å²) in [5.41, 5.74) is 2.18. The Morgan fingerprint density at radius 1 is 1.19 bits per heavy atom. The Morgan fingerprint density at radius 3 is 2.61 bits per heavy atom. The standard InChI is InChI=1S/C27H36N2O6S/c1-5-14-29-15-6-9-22(29)19-28-27(30)24-17-21(18-25(33-3)26(24)34-4)8-7-16-35-36(31,32)23-12-10-20(2)11-13-23/h5,10-13,17-18,22H,1,6-9,14-16,19H2,2-4H3,(H,28,30)/t22-/m1/s1. The summed E-state index contributed by atoms with van der Waals surface area (Å²) in [6.07, 6.45) is 4.95. The first-order chi connectivity index (χ1) is 17.3. The molecule has 1 aliphatic heterocycles. The van der Waals surface area contributed by atoms with Crippen LogP contribution in [-0.4, -0.2) is 65.7 Å². The minimum absolute atomic E-state index is 0.0207. The highest BCUT2D eigenvalue weighted by atomic mass is 32.2. The number of rotatable bonds is 13. The van der Waals surface area contributed by atoms with Gasteiger partial charge in [0.05, 0.1) is 31.3 Å². The topological polar surface area (TPSA) is 94.2 Å². The summed E-state index contributed by atoms with van der Waals surface area (Å²) in [4.78, 5) is 15.6. The van der Waals surface area contributed by atoms with E-state index in [0.717, 1.165) is 37.1 Å². The van der Waals surface area contributed by atoms with E-state index in [1.165, 1.54) is 26.4 Å². The van der Waals surface area contributed by atoms with Crippen molar-refractivity contribution in [2.75, 3.05) is 40.5 Å². The van der Waals surface area contributed by atoms with Gasteiger partial charge in [-0.2, -0.15) is 8.42 Å².